The minimum Gasteiger partial charge on any atom is -0.424 e. The number of nitrogens with zero attached hydrogens (tertiary/aromatic N) is 1. The van der Waals surface area contributed by atoms with Crippen molar-refractivity contribution < 1.29 is 18.3 Å². The minimum absolute atomic E-state index is 0.0316. The van der Waals surface area contributed by atoms with Crippen LogP contribution in [0.3, 0.4) is 0 Å². The maximum Gasteiger partial charge on any atom is 0.382 e. The highest BCUT2D eigenvalue weighted by Gasteiger charge is 2.37. The lowest BCUT2D eigenvalue weighted by molar-refractivity contribution is 0.0230. The summed E-state index contributed by atoms with van der Waals surface area (Å²) in [5.41, 5.74) is 2.27. The Morgan fingerprint density at radius 3 is 2.75 bits per heavy atom. The number of ether oxygens (including phenoxy) is 1. The zero-order chi connectivity index (χ0) is 20.1. The summed E-state index contributed by atoms with van der Waals surface area (Å²) < 4.78 is 31.6. The number of aromatic amines is 1. The number of hydrogen-bond donors (Lipinski definition) is 1. The number of aryl methyl sites for hydroxylation is 3. The molecule has 0 saturated carbocycles. The molecule has 0 spiro atoms. The van der Waals surface area contributed by atoms with Crippen molar-refractivity contribution in [3.8, 4) is 5.75 Å². The third kappa shape index (κ3) is 3.51. The van der Waals surface area contributed by atoms with Gasteiger partial charge in [0, 0.05) is 17.3 Å². The standard InChI is InChI=1S/C19H21N2O6P/c1-11-6-12(2)17-14(7-11)9-25-28(24,27-17)10-15-4-5-16(26-15)21-8-13(3)18(22)20-19(21)23/h4-8,15-16H,9-10H2,1-3H3,(H,20,22,23)/t15-,16+,28?/m0/s1. The van der Waals surface area contributed by atoms with Gasteiger partial charge in [0.1, 0.15) is 5.75 Å². The number of benzene rings is 1. The first-order valence-corrected chi connectivity index (χ1v) is 10.7. The maximum atomic E-state index is 13.1. The van der Waals surface area contributed by atoms with Gasteiger partial charge in [-0.3, -0.25) is 18.9 Å². The van der Waals surface area contributed by atoms with Crippen LogP contribution in [0.1, 0.15) is 28.5 Å². The van der Waals surface area contributed by atoms with Crippen LogP contribution < -0.4 is 15.8 Å². The van der Waals surface area contributed by atoms with Gasteiger partial charge in [-0.25, -0.2) is 9.36 Å². The van der Waals surface area contributed by atoms with Crippen LogP contribution in [0.4, 0.5) is 0 Å². The highest BCUT2D eigenvalue weighted by molar-refractivity contribution is 7.54. The average molecular weight is 404 g/mol. The molecule has 148 valence electrons. The Kier molecular flexibility index (Phi) is 4.65. The highest BCUT2D eigenvalue weighted by atomic mass is 31.2. The molecule has 2 aliphatic heterocycles. The van der Waals surface area contributed by atoms with Gasteiger partial charge < -0.3 is 9.26 Å². The fraction of sp³-hybridized carbons (Fsp3) is 0.368. The van der Waals surface area contributed by atoms with Crippen molar-refractivity contribution in [1.29, 1.82) is 0 Å². The summed E-state index contributed by atoms with van der Waals surface area (Å²) in [6.07, 6.45) is 3.65. The summed E-state index contributed by atoms with van der Waals surface area (Å²) in [6.45, 7) is 5.72. The summed E-state index contributed by atoms with van der Waals surface area (Å²) in [6, 6.07) is 3.93. The van der Waals surface area contributed by atoms with Crippen molar-refractivity contribution in [2.45, 2.75) is 39.7 Å². The summed E-state index contributed by atoms with van der Waals surface area (Å²) in [7, 11) is -3.41. The molecule has 1 unspecified atom stereocenters. The van der Waals surface area contributed by atoms with E-state index in [2.05, 4.69) is 4.98 Å². The van der Waals surface area contributed by atoms with Gasteiger partial charge in [0.2, 0.25) is 0 Å². The molecule has 0 fully saturated rings. The molecule has 0 saturated heterocycles. The Morgan fingerprint density at radius 1 is 1.18 bits per heavy atom. The fourth-order valence-corrected chi connectivity index (χ4v) is 5.21. The van der Waals surface area contributed by atoms with Gasteiger partial charge >= 0.3 is 13.3 Å². The van der Waals surface area contributed by atoms with Crippen LogP contribution in [0.2, 0.25) is 0 Å². The summed E-state index contributed by atoms with van der Waals surface area (Å²) in [5.74, 6) is 0.603. The zero-order valence-electron chi connectivity index (χ0n) is 15.8. The molecule has 2 aliphatic rings. The molecule has 9 heteroatoms. The Bertz CT molecular complexity index is 1130. The molecule has 0 radical (unpaired) electrons. The van der Waals surface area contributed by atoms with Gasteiger partial charge in [-0.15, -0.1) is 0 Å². The summed E-state index contributed by atoms with van der Waals surface area (Å²) >= 11 is 0. The van der Waals surface area contributed by atoms with Gasteiger partial charge in [0.15, 0.2) is 6.23 Å². The van der Waals surface area contributed by atoms with Crippen molar-refractivity contribution in [3.63, 3.8) is 0 Å². The van der Waals surface area contributed by atoms with E-state index in [1.54, 1.807) is 19.1 Å². The van der Waals surface area contributed by atoms with E-state index in [4.69, 9.17) is 13.8 Å². The van der Waals surface area contributed by atoms with E-state index < -0.39 is 31.2 Å². The van der Waals surface area contributed by atoms with E-state index in [-0.39, 0.29) is 12.8 Å². The quantitative estimate of drug-likeness (QED) is 0.624. The predicted molar refractivity (Wildman–Crippen MR) is 103 cm³/mol. The zero-order valence-corrected chi connectivity index (χ0v) is 16.7. The smallest absolute Gasteiger partial charge is 0.382 e. The van der Waals surface area contributed by atoms with Gasteiger partial charge in [-0.1, -0.05) is 23.8 Å². The molecule has 1 aromatic carbocycles. The number of H-pyrrole nitrogens is 1. The first kappa shape index (κ1) is 18.9. The largest absolute Gasteiger partial charge is 0.424 e. The lowest BCUT2D eigenvalue weighted by atomic mass is 10.1. The molecular weight excluding hydrogens is 383 g/mol. The van der Waals surface area contributed by atoms with Crippen LogP contribution in [0.15, 0.2) is 40.1 Å². The molecule has 3 atom stereocenters. The maximum absolute atomic E-state index is 13.1. The topological polar surface area (TPSA) is 99.6 Å². The third-order valence-corrected chi connectivity index (χ3v) is 6.56. The van der Waals surface area contributed by atoms with Crippen molar-refractivity contribution in [3.05, 3.63) is 73.6 Å². The van der Waals surface area contributed by atoms with E-state index >= 15 is 0 Å². The van der Waals surface area contributed by atoms with Crippen LogP contribution in [0, 0.1) is 20.8 Å². The van der Waals surface area contributed by atoms with Gasteiger partial charge in [-0.2, -0.15) is 0 Å². The van der Waals surface area contributed by atoms with Crippen molar-refractivity contribution in [2.75, 3.05) is 6.16 Å². The molecule has 1 N–H and O–H groups in total. The van der Waals surface area contributed by atoms with E-state index in [1.807, 2.05) is 26.0 Å². The third-order valence-electron chi connectivity index (χ3n) is 4.77. The van der Waals surface area contributed by atoms with Crippen LogP contribution >= 0.6 is 7.60 Å². The van der Waals surface area contributed by atoms with E-state index in [0.717, 1.165) is 16.7 Å². The fourth-order valence-electron chi connectivity index (χ4n) is 3.45. The first-order chi connectivity index (χ1) is 13.2. The second-order valence-corrected chi connectivity index (χ2v) is 9.18. The Labute approximate surface area is 161 Å². The van der Waals surface area contributed by atoms with Crippen molar-refractivity contribution in [2.24, 2.45) is 0 Å². The monoisotopic (exact) mass is 404 g/mol. The summed E-state index contributed by atoms with van der Waals surface area (Å²) in [4.78, 5) is 25.8. The second-order valence-electron chi connectivity index (χ2n) is 7.16. The summed E-state index contributed by atoms with van der Waals surface area (Å²) in [5, 5.41) is 0. The van der Waals surface area contributed by atoms with E-state index in [9.17, 15) is 14.2 Å². The Hall–Kier alpha value is -2.41. The number of aromatic nitrogens is 2. The first-order valence-electron chi connectivity index (χ1n) is 8.93. The second kappa shape index (κ2) is 6.88. The van der Waals surface area contributed by atoms with Crippen LogP contribution in [-0.4, -0.2) is 21.8 Å². The number of hydrogen-bond acceptors (Lipinski definition) is 6. The van der Waals surface area contributed by atoms with E-state index in [0.29, 0.717) is 11.3 Å². The van der Waals surface area contributed by atoms with Crippen LogP contribution in [0.25, 0.3) is 0 Å². The normalized spacial score (nSPS) is 26.1. The molecule has 3 heterocycles. The highest BCUT2D eigenvalue weighted by Crippen LogP contribution is 2.55. The predicted octanol–water partition coefficient (Wildman–Crippen LogP) is 2.72. The van der Waals surface area contributed by atoms with Gasteiger partial charge in [0.25, 0.3) is 5.56 Å². The molecule has 0 bridgehead atoms. The lowest BCUT2D eigenvalue weighted by Gasteiger charge is -2.29. The molecule has 0 amide bonds. The Morgan fingerprint density at radius 2 is 1.96 bits per heavy atom. The molecule has 0 aliphatic carbocycles. The lowest BCUT2D eigenvalue weighted by Crippen LogP contribution is -2.33. The molecule has 4 rings (SSSR count). The Balaban J connectivity index is 1.50. The number of fused-ring (bicyclic) bond motifs is 1. The molecule has 28 heavy (non-hydrogen) atoms. The van der Waals surface area contributed by atoms with Crippen LogP contribution in [0.5, 0.6) is 5.75 Å². The van der Waals surface area contributed by atoms with Crippen molar-refractivity contribution >= 4 is 7.60 Å². The minimum atomic E-state index is -3.41. The average Bonchev–Trinajstić information content (AvgIpc) is 3.06. The van der Waals surface area contributed by atoms with Gasteiger partial charge in [-0.05, 0) is 32.4 Å². The molecule has 8 nitrogen and oxygen atoms in total. The molecular formula is C19H21N2O6P. The van der Waals surface area contributed by atoms with E-state index in [1.165, 1.54) is 10.8 Å². The van der Waals surface area contributed by atoms with Crippen molar-refractivity contribution in [1.82, 2.24) is 9.55 Å². The SMILES string of the molecule is Cc1cc(C)c2c(c1)COP(=O)(C[C@@H]1C=C[C@H](n3cc(C)c(=O)[nH]c3=O)O1)O2. The molecule has 1 aromatic heterocycles. The number of rotatable bonds is 3. The van der Waals surface area contributed by atoms with Crippen LogP contribution in [-0.2, 0) is 20.4 Å². The number of nitrogens with one attached hydrogen (secondary N) is 1. The molecule has 2 aromatic rings. The van der Waals surface area contributed by atoms with Gasteiger partial charge in [0.05, 0.1) is 18.9 Å².